The molecule has 2 aliphatic carbocycles. The van der Waals surface area contributed by atoms with Crippen LogP contribution in [0.5, 0.6) is 0 Å². The predicted molar refractivity (Wildman–Crippen MR) is 67.4 cm³/mol. The number of ether oxygens (including phenoxy) is 1. The average molecular weight is 239 g/mol. The minimum Gasteiger partial charge on any atom is -0.465 e. The molecule has 0 amide bonds. The van der Waals surface area contributed by atoms with Crippen molar-refractivity contribution in [3.63, 3.8) is 0 Å². The van der Waals surface area contributed by atoms with E-state index in [-0.39, 0.29) is 11.9 Å². The van der Waals surface area contributed by atoms with E-state index in [0.29, 0.717) is 25.0 Å². The number of carbonyl (C=O) groups excluding carboxylic acids is 1. The molecule has 0 aromatic heterocycles. The minimum atomic E-state index is 0.0204. The second-order valence-corrected chi connectivity index (χ2v) is 5.67. The lowest BCUT2D eigenvalue weighted by atomic mass is 9.79. The van der Waals surface area contributed by atoms with Crippen LogP contribution in [0.3, 0.4) is 0 Å². The number of hydrogen-bond acceptors (Lipinski definition) is 3. The molecule has 0 aromatic carbocycles. The van der Waals surface area contributed by atoms with Crippen molar-refractivity contribution in [1.29, 1.82) is 0 Å². The SMILES string of the molecule is NCC1CCCCC1C(=O)OCC1CCCC1. The van der Waals surface area contributed by atoms with Crippen LogP contribution in [0.2, 0.25) is 0 Å². The Morgan fingerprint density at radius 1 is 1.06 bits per heavy atom. The van der Waals surface area contributed by atoms with E-state index in [9.17, 15) is 4.79 Å². The second-order valence-electron chi connectivity index (χ2n) is 5.67. The normalized spacial score (nSPS) is 30.4. The van der Waals surface area contributed by atoms with Gasteiger partial charge < -0.3 is 10.5 Å². The highest BCUT2D eigenvalue weighted by Gasteiger charge is 2.31. The molecule has 2 unspecified atom stereocenters. The van der Waals surface area contributed by atoms with Gasteiger partial charge in [0.1, 0.15) is 0 Å². The molecule has 2 rings (SSSR count). The van der Waals surface area contributed by atoms with Gasteiger partial charge in [0.25, 0.3) is 0 Å². The number of rotatable bonds is 4. The minimum absolute atomic E-state index is 0.0204. The van der Waals surface area contributed by atoms with Crippen LogP contribution in [0.25, 0.3) is 0 Å². The van der Waals surface area contributed by atoms with E-state index in [2.05, 4.69) is 0 Å². The number of hydrogen-bond donors (Lipinski definition) is 1. The van der Waals surface area contributed by atoms with Crippen molar-refractivity contribution in [3.8, 4) is 0 Å². The first-order chi connectivity index (χ1) is 8.31. The van der Waals surface area contributed by atoms with Gasteiger partial charge in [0, 0.05) is 0 Å². The maximum absolute atomic E-state index is 12.0. The third-order valence-corrected chi connectivity index (χ3v) is 4.45. The van der Waals surface area contributed by atoms with Crippen molar-refractivity contribution in [3.05, 3.63) is 0 Å². The molecule has 2 N–H and O–H groups in total. The molecular weight excluding hydrogens is 214 g/mol. The molecule has 2 atom stereocenters. The largest absolute Gasteiger partial charge is 0.465 e. The van der Waals surface area contributed by atoms with E-state index in [1.165, 1.54) is 32.1 Å². The Balaban J connectivity index is 1.76. The molecule has 0 bridgehead atoms. The first-order valence-corrected chi connectivity index (χ1v) is 7.18. The van der Waals surface area contributed by atoms with Gasteiger partial charge in [-0.25, -0.2) is 0 Å². The topological polar surface area (TPSA) is 52.3 Å². The molecule has 0 spiro atoms. The van der Waals surface area contributed by atoms with E-state index in [1.807, 2.05) is 0 Å². The zero-order valence-electron chi connectivity index (χ0n) is 10.7. The summed E-state index contributed by atoms with van der Waals surface area (Å²) in [5.41, 5.74) is 5.74. The Labute approximate surface area is 104 Å². The van der Waals surface area contributed by atoms with E-state index >= 15 is 0 Å². The van der Waals surface area contributed by atoms with Gasteiger partial charge in [-0.15, -0.1) is 0 Å². The number of nitrogens with two attached hydrogens (primary N) is 1. The molecule has 2 aliphatic rings. The van der Waals surface area contributed by atoms with Gasteiger partial charge in [0.05, 0.1) is 12.5 Å². The predicted octanol–water partition coefficient (Wildman–Crippen LogP) is 2.48. The molecule has 3 nitrogen and oxygen atoms in total. The first kappa shape index (κ1) is 12.9. The van der Waals surface area contributed by atoms with Gasteiger partial charge in [0.15, 0.2) is 0 Å². The molecule has 17 heavy (non-hydrogen) atoms. The second kappa shape index (κ2) is 6.39. The van der Waals surface area contributed by atoms with Crippen LogP contribution >= 0.6 is 0 Å². The third-order valence-electron chi connectivity index (χ3n) is 4.45. The Morgan fingerprint density at radius 2 is 1.71 bits per heavy atom. The van der Waals surface area contributed by atoms with Crippen molar-refractivity contribution >= 4 is 5.97 Å². The Bertz CT molecular complexity index is 249. The van der Waals surface area contributed by atoms with E-state index in [0.717, 1.165) is 19.3 Å². The van der Waals surface area contributed by atoms with Crippen LogP contribution in [0, 0.1) is 17.8 Å². The van der Waals surface area contributed by atoms with Gasteiger partial charge in [-0.1, -0.05) is 25.7 Å². The lowest BCUT2D eigenvalue weighted by molar-refractivity contribution is -0.153. The Kier molecular flexibility index (Phi) is 4.84. The molecule has 2 fully saturated rings. The lowest BCUT2D eigenvalue weighted by Crippen LogP contribution is -2.34. The monoisotopic (exact) mass is 239 g/mol. The fourth-order valence-electron chi connectivity index (χ4n) is 3.28. The van der Waals surface area contributed by atoms with Crippen LogP contribution in [0.4, 0.5) is 0 Å². The van der Waals surface area contributed by atoms with Crippen molar-refractivity contribution in [2.24, 2.45) is 23.5 Å². The van der Waals surface area contributed by atoms with Crippen molar-refractivity contribution < 1.29 is 9.53 Å². The summed E-state index contributed by atoms with van der Waals surface area (Å²) >= 11 is 0. The summed E-state index contributed by atoms with van der Waals surface area (Å²) in [6, 6.07) is 0. The molecular formula is C14H25NO2. The third kappa shape index (κ3) is 3.44. The molecule has 0 saturated heterocycles. The number of esters is 1. The summed E-state index contributed by atoms with van der Waals surface area (Å²) in [5, 5.41) is 0. The maximum atomic E-state index is 12.0. The first-order valence-electron chi connectivity index (χ1n) is 7.18. The Morgan fingerprint density at radius 3 is 2.41 bits per heavy atom. The highest BCUT2D eigenvalue weighted by atomic mass is 16.5. The van der Waals surface area contributed by atoms with Gasteiger partial charge >= 0.3 is 5.97 Å². The quantitative estimate of drug-likeness (QED) is 0.767. The molecule has 2 saturated carbocycles. The zero-order chi connectivity index (χ0) is 12.1. The van der Waals surface area contributed by atoms with Crippen LogP contribution in [0.15, 0.2) is 0 Å². The Hall–Kier alpha value is -0.570. The molecule has 98 valence electrons. The number of carbonyl (C=O) groups is 1. The summed E-state index contributed by atoms with van der Waals surface area (Å²) in [6.45, 7) is 1.27. The van der Waals surface area contributed by atoms with E-state index in [4.69, 9.17) is 10.5 Å². The fourth-order valence-corrected chi connectivity index (χ4v) is 3.28. The van der Waals surface area contributed by atoms with Crippen molar-refractivity contribution in [2.45, 2.75) is 51.4 Å². The van der Waals surface area contributed by atoms with Crippen molar-refractivity contribution in [1.82, 2.24) is 0 Å². The van der Waals surface area contributed by atoms with Crippen LogP contribution < -0.4 is 5.73 Å². The van der Waals surface area contributed by atoms with E-state index in [1.54, 1.807) is 0 Å². The van der Waals surface area contributed by atoms with Gasteiger partial charge in [-0.3, -0.25) is 4.79 Å². The standard InChI is InChI=1S/C14H25NO2/c15-9-12-7-3-4-8-13(12)14(16)17-10-11-5-1-2-6-11/h11-13H,1-10,15H2. The van der Waals surface area contributed by atoms with Crippen molar-refractivity contribution in [2.75, 3.05) is 13.2 Å². The summed E-state index contributed by atoms with van der Waals surface area (Å²) in [5.74, 6) is 1.08. The highest BCUT2D eigenvalue weighted by Crippen LogP contribution is 2.31. The van der Waals surface area contributed by atoms with Gasteiger partial charge in [-0.2, -0.15) is 0 Å². The maximum Gasteiger partial charge on any atom is 0.309 e. The lowest BCUT2D eigenvalue weighted by Gasteiger charge is -2.29. The summed E-state index contributed by atoms with van der Waals surface area (Å²) in [7, 11) is 0. The molecule has 3 heteroatoms. The van der Waals surface area contributed by atoms with E-state index < -0.39 is 0 Å². The summed E-state index contributed by atoms with van der Waals surface area (Å²) in [4.78, 5) is 12.0. The zero-order valence-corrected chi connectivity index (χ0v) is 10.7. The van der Waals surface area contributed by atoms with Crippen LogP contribution in [0.1, 0.15) is 51.4 Å². The van der Waals surface area contributed by atoms with Crippen LogP contribution in [-0.2, 0) is 9.53 Å². The molecule has 0 aromatic rings. The fraction of sp³-hybridized carbons (Fsp3) is 0.929. The molecule has 0 heterocycles. The highest BCUT2D eigenvalue weighted by molar-refractivity contribution is 5.73. The smallest absolute Gasteiger partial charge is 0.309 e. The van der Waals surface area contributed by atoms with Crippen LogP contribution in [-0.4, -0.2) is 19.1 Å². The average Bonchev–Trinajstić information content (AvgIpc) is 2.89. The van der Waals surface area contributed by atoms with Gasteiger partial charge in [-0.05, 0) is 44.1 Å². The van der Waals surface area contributed by atoms with Gasteiger partial charge in [0.2, 0.25) is 0 Å². The summed E-state index contributed by atoms with van der Waals surface area (Å²) < 4.78 is 5.50. The molecule has 0 radical (unpaired) electrons. The summed E-state index contributed by atoms with van der Waals surface area (Å²) in [6.07, 6.45) is 9.52. The molecule has 0 aliphatic heterocycles.